The fourth-order valence-corrected chi connectivity index (χ4v) is 3.14. The molecule has 0 saturated heterocycles. The van der Waals surface area contributed by atoms with Gasteiger partial charge in [0.05, 0.1) is 10.7 Å². The van der Waals surface area contributed by atoms with Crippen LogP contribution in [0.15, 0.2) is 77.7 Å². The number of benzene rings is 2. The number of ether oxygens (including phenoxy) is 1. The third-order valence-electron chi connectivity index (χ3n) is 4.46. The van der Waals surface area contributed by atoms with E-state index in [1.54, 1.807) is 42.5 Å². The number of carbonyl (C=O) groups excluding carboxylic acids is 1. The number of nitrogens with zero attached hydrogens (tertiary/aromatic N) is 2. The van der Waals surface area contributed by atoms with E-state index in [0.717, 1.165) is 5.56 Å². The third kappa shape index (κ3) is 4.50. The van der Waals surface area contributed by atoms with E-state index in [0.29, 0.717) is 33.4 Å². The maximum Gasteiger partial charge on any atom is 0.258 e. The van der Waals surface area contributed by atoms with E-state index >= 15 is 0 Å². The summed E-state index contributed by atoms with van der Waals surface area (Å²) >= 11 is 5.92. The van der Waals surface area contributed by atoms with Gasteiger partial charge in [0.2, 0.25) is 0 Å². The van der Waals surface area contributed by atoms with Crippen LogP contribution in [0.1, 0.15) is 21.6 Å². The Labute approximate surface area is 177 Å². The summed E-state index contributed by atoms with van der Waals surface area (Å²) in [5.41, 5.74) is 3.07. The highest BCUT2D eigenvalue weighted by Crippen LogP contribution is 2.18. The van der Waals surface area contributed by atoms with Gasteiger partial charge >= 0.3 is 0 Å². The van der Waals surface area contributed by atoms with Crippen LogP contribution in [0.4, 0.5) is 5.69 Å². The van der Waals surface area contributed by atoms with E-state index in [-0.39, 0.29) is 18.1 Å². The molecular formula is C23H18ClN3O3. The first-order chi connectivity index (χ1) is 14.5. The van der Waals surface area contributed by atoms with Gasteiger partial charge in [0.15, 0.2) is 0 Å². The zero-order valence-electron chi connectivity index (χ0n) is 16.1. The molecule has 0 unspecified atom stereocenters. The van der Waals surface area contributed by atoms with Crippen molar-refractivity contribution in [1.82, 2.24) is 9.38 Å². The molecule has 0 saturated carbocycles. The number of pyridine rings is 1. The van der Waals surface area contributed by atoms with Gasteiger partial charge in [0, 0.05) is 23.5 Å². The number of carbonyl (C=O) groups is 1. The minimum atomic E-state index is -0.227. The Bertz CT molecular complexity index is 1280. The maximum atomic E-state index is 12.3. The number of hydrogen-bond donors (Lipinski definition) is 1. The Balaban J connectivity index is 1.41. The van der Waals surface area contributed by atoms with Crippen LogP contribution in [-0.4, -0.2) is 15.3 Å². The van der Waals surface area contributed by atoms with E-state index in [2.05, 4.69) is 10.3 Å². The fourth-order valence-electron chi connectivity index (χ4n) is 2.98. The van der Waals surface area contributed by atoms with Gasteiger partial charge in [0.1, 0.15) is 18.0 Å². The number of halogens is 1. The van der Waals surface area contributed by atoms with Gasteiger partial charge in [-0.05, 0) is 55.5 Å². The first-order valence-electron chi connectivity index (χ1n) is 9.27. The Morgan fingerprint density at radius 1 is 1.10 bits per heavy atom. The Hall–Kier alpha value is -3.64. The highest BCUT2D eigenvalue weighted by atomic mass is 35.5. The molecule has 0 aliphatic carbocycles. The van der Waals surface area contributed by atoms with Crippen molar-refractivity contribution in [1.29, 1.82) is 0 Å². The number of anilines is 1. The summed E-state index contributed by atoms with van der Waals surface area (Å²) in [7, 11) is 0. The van der Waals surface area contributed by atoms with Crippen molar-refractivity contribution in [3.8, 4) is 5.75 Å². The second-order valence-electron chi connectivity index (χ2n) is 6.80. The number of aromatic nitrogens is 2. The molecule has 2 aromatic carbocycles. The number of hydrogen-bond acceptors (Lipinski definition) is 4. The van der Waals surface area contributed by atoms with Gasteiger partial charge in [-0.15, -0.1) is 0 Å². The lowest BCUT2D eigenvalue weighted by molar-refractivity contribution is 0.102. The lowest BCUT2D eigenvalue weighted by Crippen LogP contribution is -2.16. The normalized spacial score (nSPS) is 10.7. The summed E-state index contributed by atoms with van der Waals surface area (Å²) in [6.07, 6.45) is 1.53. The lowest BCUT2D eigenvalue weighted by Gasteiger charge is -2.09. The molecule has 0 aliphatic heterocycles. The highest BCUT2D eigenvalue weighted by molar-refractivity contribution is 6.30. The molecule has 2 heterocycles. The largest absolute Gasteiger partial charge is 0.487 e. The summed E-state index contributed by atoms with van der Waals surface area (Å²) in [4.78, 5) is 29.0. The average Bonchev–Trinajstić information content (AvgIpc) is 2.74. The summed E-state index contributed by atoms with van der Waals surface area (Å²) in [5.74, 6) is 0.426. The quantitative estimate of drug-likeness (QED) is 0.517. The van der Waals surface area contributed by atoms with E-state index in [4.69, 9.17) is 16.3 Å². The minimum absolute atomic E-state index is 0.142. The standard InChI is InChI=1S/C23H18ClN3O3/c1-15-3-2-4-16(11-15)23(29)26-18-6-8-20(9-7-18)30-14-19-12-22(28)27-13-17(24)5-10-21(27)25-19/h2-13H,14H2,1H3,(H,26,29). The van der Waals surface area contributed by atoms with E-state index < -0.39 is 0 Å². The molecule has 0 aliphatic rings. The van der Waals surface area contributed by atoms with Crippen molar-refractivity contribution in [2.75, 3.05) is 5.32 Å². The number of amides is 1. The molecule has 0 bridgehead atoms. The molecule has 7 heteroatoms. The van der Waals surface area contributed by atoms with Crippen molar-refractivity contribution in [3.05, 3.63) is 105 Å². The monoisotopic (exact) mass is 419 g/mol. The van der Waals surface area contributed by atoms with Crippen LogP contribution in [0, 0.1) is 6.92 Å². The molecule has 30 heavy (non-hydrogen) atoms. The van der Waals surface area contributed by atoms with Gasteiger partial charge in [-0.25, -0.2) is 4.98 Å². The van der Waals surface area contributed by atoms with Gasteiger partial charge < -0.3 is 10.1 Å². The van der Waals surface area contributed by atoms with Gasteiger partial charge in [0.25, 0.3) is 11.5 Å². The Morgan fingerprint density at radius 2 is 1.90 bits per heavy atom. The van der Waals surface area contributed by atoms with E-state index in [1.165, 1.54) is 16.7 Å². The number of aryl methyl sites for hydroxylation is 1. The number of fused-ring (bicyclic) bond motifs is 1. The molecule has 0 radical (unpaired) electrons. The molecule has 0 atom stereocenters. The SMILES string of the molecule is Cc1cccc(C(=O)Nc2ccc(OCc3cc(=O)n4cc(Cl)ccc4n3)cc2)c1. The molecule has 0 fully saturated rings. The fraction of sp³-hybridized carbons (Fsp3) is 0.0870. The Kier molecular flexibility index (Phi) is 5.50. The van der Waals surface area contributed by atoms with Crippen LogP contribution in [0.5, 0.6) is 5.75 Å². The minimum Gasteiger partial charge on any atom is -0.487 e. The van der Waals surface area contributed by atoms with Gasteiger partial charge in [-0.1, -0.05) is 29.3 Å². The van der Waals surface area contributed by atoms with E-state index in [1.807, 2.05) is 25.1 Å². The lowest BCUT2D eigenvalue weighted by atomic mass is 10.1. The van der Waals surface area contributed by atoms with Crippen molar-refractivity contribution in [2.24, 2.45) is 0 Å². The number of nitrogens with one attached hydrogen (secondary N) is 1. The predicted octanol–water partition coefficient (Wildman–Crippen LogP) is 4.49. The van der Waals surface area contributed by atoms with E-state index in [9.17, 15) is 9.59 Å². The first kappa shape index (κ1) is 19.7. The third-order valence-corrected chi connectivity index (χ3v) is 4.68. The van der Waals surface area contributed by atoms with Gasteiger partial charge in [-0.2, -0.15) is 0 Å². The molecule has 6 nitrogen and oxygen atoms in total. The van der Waals surface area contributed by atoms with Crippen LogP contribution in [-0.2, 0) is 6.61 Å². The smallest absolute Gasteiger partial charge is 0.258 e. The summed E-state index contributed by atoms with van der Waals surface area (Å²) in [5, 5.41) is 3.32. The molecule has 0 spiro atoms. The molecule has 1 N–H and O–H groups in total. The first-order valence-corrected chi connectivity index (χ1v) is 9.64. The van der Waals surface area contributed by atoms with Crippen LogP contribution >= 0.6 is 11.6 Å². The van der Waals surface area contributed by atoms with Crippen LogP contribution in [0.3, 0.4) is 0 Å². The Morgan fingerprint density at radius 3 is 2.67 bits per heavy atom. The van der Waals surface area contributed by atoms with Crippen molar-refractivity contribution in [3.63, 3.8) is 0 Å². The highest BCUT2D eigenvalue weighted by Gasteiger charge is 2.07. The summed E-state index contributed by atoms with van der Waals surface area (Å²) in [6.45, 7) is 2.08. The maximum absolute atomic E-state index is 12.3. The molecule has 1 amide bonds. The van der Waals surface area contributed by atoms with Crippen molar-refractivity contribution >= 4 is 28.8 Å². The average molecular weight is 420 g/mol. The molecule has 150 valence electrons. The molecule has 2 aromatic heterocycles. The zero-order valence-corrected chi connectivity index (χ0v) is 16.9. The predicted molar refractivity (Wildman–Crippen MR) is 116 cm³/mol. The number of rotatable bonds is 5. The molecule has 4 rings (SSSR count). The van der Waals surface area contributed by atoms with Crippen LogP contribution in [0.2, 0.25) is 5.02 Å². The zero-order chi connectivity index (χ0) is 21.1. The van der Waals surface area contributed by atoms with Gasteiger partial charge in [-0.3, -0.25) is 14.0 Å². The molecule has 4 aromatic rings. The second kappa shape index (κ2) is 8.39. The topological polar surface area (TPSA) is 72.7 Å². The van der Waals surface area contributed by atoms with Crippen LogP contribution < -0.4 is 15.6 Å². The summed E-state index contributed by atoms with van der Waals surface area (Å²) in [6, 6.07) is 19.2. The second-order valence-corrected chi connectivity index (χ2v) is 7.23. The van der Waals surface area contributed by atoms with Crippen molar-refractivity contribution in [2.45, 2.75) is 13.5 Å². The van der Waals surface area contributed by atoms with Crippen LogP contribution in [0.25, 0.3) is 5.65 Å². The van der Waals surface area contributed by atoms with Crippen molar-refractivity contribution < 1.29 is 9.53 Å². The molecular weight excluding hydrogens is 402 g/mol. The summed E-state index contributed by atoms with van der Waals surface area (Å²) < 4.78 is 7.12.